The fourth-order valence-corrected chi connectivity index (χ4v) is 3.01. The van der Waals surface area contributed by atoms with Crippen molar-refractivity contribution < 1.29 is 9.59 Å². The van der Waals surface area contributed by atoms with Crippen molar-refractivity contribution in [1.29, 1.82) is 0 Å². The predicted molar refractivity (Wildman–Crippen MR) is 130 cm³/mol. The standard InChI is InChI=1S/C27H27N3O2/c1-20(2)19-26(31)28-24-16-14-23(15-17-24)27(32)30-29-25(22-11-7-4-8-12-22)18-13-21-9-5-3-6-10-21/h3-18,20H,19H2,1-2H3,(H,28,31)(H,30,32). The molecule has 162 valence electrons. The molecule has 0 heterocycles. The topological polar surface area (TPSA) is 70.6 Å². The molecule has 5 nitrogen and oxygen atoms in total. The molecule has 3 rings (SSSR count). The SMILES string of the molecule is CC(C)CC(=O)Nc1ccc(C(=O)NN=C(C=Cc2ccccc2)c2ccccc2)cc1. The first-order valence-electron chi connectivity index (χ1n) is 10.6. The quantitative estimate of drug-likeness (QED) is 0.369. The second-order valence-electron chi connectivity index (χ2n) is 7.77. The largest absolute Gasteiger partial charge is 0.326 e. The van der Waals surface area contributed by atoms with Gasteiger partial charge < -0.3 is 5.32 Å². The highest BCUT2D eigenvalue weighted by atomic mass is 16.2. The average Bonchev–Trinajstić information content (AvgIpc) is 2.80. The van der Waals surface area contributed by atoms with Gasteiger partial charge in [-0.05, 0) is 41.8 Å². The van der Waals surface area contributed by atoms with Gasteiger partial charge in [0.05, 0.1) is 5.71 Å². The minimum Gasteiger partial charge on any atom is -0.326 e. The van der Waals surface area contributed by atoms with E-state index in [2.05, 4.69) is 15.8 Å². The molecule has 0 bridgehead atoms. The first-order valence-corrected chi connectivity index (χ1v) is 10.6. The van der Waals surface area contributed by atoms with Gasteiger partial charge in [-0.25, -0.2) is 5.43 Å². The first-order chi connectivity index (χ1) is 15.5. The van der Waals surface area contributed by atoms with E-state index < -0.39 is 0 Å². The van der Waals surface area contributed by atoms with Gasteiger partial charge >= 0.3 is 0 Å². The van der Waals surface area contributed by atoms with Crippen LogP contribution in [-0.2, 0) is 4.79 Å². The Balaban J connectivity index is 1.71. The van der Waals surface area contributed by atoms with Crippen LogP contribution >= 0.6 is 0 Å². The number of hydrazone groups is 1. The molecule has 3 aromatic carbocycles. The molecule has 0 spiro atoms. The van der Waals surface area contributed by atoms with E-state index >= 15 is 0 Å². The van der Waals surface area contributed by atoms with Gasteiger partial charge in [-0.1, -0.05) is 80.6 Å². The molecule has 0 unspecified atom stereocenters. The molecule has 0 aromatic heterocycles. The number of carbonyl (C=O) groups is 2. The number of nitrogens with zero attached hydrogens (tertiary/aromatic N) is 1. The van der Waals surface area contributed by atoms with Crippen LogP contribution in [0, 0.1) is 5.92 Å². The molecule has 0 atom stereocenters. The molecule has 32 heavy (non-hydrogen) atoms. The molecule has 2 N–H and O–H groups in total. The predicted octanol–water partition coefficient (Wildman–Crippen LogP) is 5.52. The summed E-state index contributed by atoms with van der Waals surface area (Å²) in [6, 6.07) is 26.3. The summed E-state index contributed by atoms with van der Waals surface area (Å²) < 4.78 is 0. The van der Waals surface area contributed by atoms with E-state index in [1.54, 1.807) is 24.3 Å². The summed E-state index contributed by atoms with van der Waals surface area (Å²) in [7, 11) is 0. The monoisotopic (exact) mass is 425 g/mol. The summed E-state index contributed by atoms with van der Waals surface area (Å²) in [5.74, 6) is -0.0845. The zero-order valence-corrected chi connectivity index (χ0v) is 18.3. The van der Waals surface area contributed by atoms with Crippen LogP contribution in [0.1, 0.15) is 41.8 Å². The highest BCUT2D eigenvalue weighted by Crippen LogP contribution is 2.12. The lowest BCUT2D eigenvalue weighted by molar-refractivity contribution is -0.116. The van der Waals surface area contributed by atoms with Gasteiger partial charge in [-0.15, -0.1) is 0 Å². The van der Waals surface area contributed by atoms with Crippen LogP contribution in [0.3, 0.4) is 0 Å². The number of hydrogen-bond donors (Lipinski definition) is 2. The van der Waals surface area contributed by atoms with Crippen molar-refractivity contribution in [3.8, 4) is 0 Å². The second kappa shape index (κ2) is 11.4. The third-order valence-electron chi connectivity index (χ3n) is 4.61. The number of benzene rings is 3. The maximum absolute atomic E-state index is 12.6. The normalized spacial score (nSPS) is 11.5. The lowest BCUT2D eigenvalue weighted by Crippen LogP contribution is -2.20. The maximum atomic E-state index is 12.6. The van der Waals surface area contributed by atoms with Crippen LogP contribution in [0.2, 0.25) is 0 Å². The van der Waals surface area contributed by atoms with E-state index in [1.807, 2.05) is 86.7 Å². The zero-order valence-electron chi connectivity index (χ0n) is 18.3. The van der Waals surface area contributed by atoms with Crippen LogP contribution in [-0.4, -0.2) is 17.5 Å². The highest BCUT2D eigenvalue weighted by molar-refractivity contribution is 6.11. The summed E-state index contributed by atoms with van der Waals surface area (Å²) in [4.78, 5) is 24.5. The van der Waals surface area contributed by atoms with Gasteiger partial charge in [0.2, 0.25) is 5.91 Å². The van der Waals surface area contributed by atoms with Crippen LogP contribution < -0.4 is 10.7 Å². The van der Waals surface area contributed by atoms with Crippen molar-refractivity contribution in [3.05, 3.63) is 108 Å². The van der Waals surface area contributed by atoms with E-state index in [4.69, 9.17) is 0 Å². The molecule has 0 saturated heterocycles. The van der Waals surface area contributed by atoms with E-state index in [1.165, 1.54) is 0 Å². The van der Waals surface area contributed by atoms with Crippen LogP contribution in [0.4, 0.5) is 5.69 Å². The fraction of sp³-hybridized carbons (Fsp3) is 0.148. The average molecular weight is 426 g/mol. The summed E-state index contributed by atoms with van der Waals surface area (Å²) in [5.41, 5.74) is 6.31. The Morgan fingerprint density at radius 2 is 1.47 bits per heavy atom. The van der Waals surface area contributed by atoms with Crippen LogP contribution in [0.25, 0.3) is 6.08 Å². The van der Waals surface area contributed by atoms with E-state index in [9.17, 15) is 9.59 Å². The number of hydrogen-bond acceptors (Lipinski definition) is 3. The number of carbonyl (C=O) groups excluding carboxylic acids is 2. The van der Waals surface area contributed by atoms with E-state index in [0.717, 1.165) is 11.1 Å². The summed E-state index contributed by atoms with van der Waals surface area (Å²) in [6.07, 6.45) is 4.28. The number of allylic oxidation sites excluding steroid dienone is 1. The minimum absolute atomic E-state index is 0.0421. The van der Waals surface area contributed by atoms with Crippen LogP contribution in [0.15, 0.2) is 96.1 Å². The maximum Gasteiger partial charge on any atom is 0.271 e. The van der Waals surface area contributed by atoms with Gasteiger partial charge in [-0.3, -0.25) is 9.59 Å². The molecule has 5 heteroatoms. The first kappa shape index (κ1) is 22.7. The van der Waals surface area contributed by atoms with Gasteiger partial charge in [0.1, 0.15) is 0 Å². The third kappa shape index (κ3) is 7.06. The number of amides is 2. The Morgan fingerprint density at radius 1 is 0.844 bits per heavy atom. The van der Waals surface area contributed by atoms with Crippen molar-refractivity contribution in [2.45, 2.75) is 20.3 Å². The van der Waals surface area contributed by atoms with Gasteiger partial charge in [0.25, 0.3) is 5.91 Å². The second-order valence-corrected chi connectivity index (χ2v) is 7.77. The lowest BCUT2D eigenvalue weighted by Gasteiger charge is -2.08. The summed E-state index contributed by atoms with van der Waals surface area (Å²) in [5, 5.41) is 7.19. The fourth-order valence-electron chi connectivity index (χ4n) is 3.01. The molecule has 0 aliphatic carbocycles. The van der Waals surface area contributed by atoms with Crippen molar-refractivity contribution in [2.75, 3.05) is 5.32 Å². The Morgan fingerprint density at radius 3 is 2.09 bits per heavy atom. The molecule has 0 saturated carbocycles. The van der Waals surface area contributed by atoms with Gasteiger partial charge in [-0.2, -0.15) is 5.10 Å². The van der Waals surface area contributed by atoms with Gasteiger partial charge in [0, 0.05) is 23.2 Å². The Hall–Kier alpha value is -3.99. The summed E-state index contributed by atoms with van der Waals surface area (Å²) in [6.45, 7) is 3.98. The highest BCUT2D eigenvalue weighted by Gasteiger charge is 2.08. The third-order valence-corrected chi connectivity index (χ3v) is 4.61. The number of nitrogens with one attached hydrogen (secondary N) is 2. The van der Waals surface area contributed by atoms with Crippen molar-refractivity contribution in [3.63, 3.8) is 0 Å². The molecule has 2 amide bonds. The number of anilines is 1. The Labute approximate surface area is 188 Å². The lowest BCUT2D eigenvalue weighted by atomic mass is 10.1. The van der Waals surface area contributed by atoms with Gasteiger partial charge in [0.15, 0.2) is 0 Å². The van der Waals surface area contributed by atoms with E-state index in [0.29, 0.717) is 23.4 Å². The molecular weight excluding hydrogens is 398 g/mol. The molecule has 0 radical (unpaired) electrons. The zero-order chi connectivity index (χ0) is 22.8. The summed E-state index contributed by atoms with van der Waals surface area (Å²) >= 11 is 0. The Kier molecular flexibility index (Phi) is 8.09. The smallest absolute Gasteiger partial charge is 0.271 e. The molecule has 0 aliphatic rings. The van der Waals surface area contributed by atoms with E-state index in [-0.39, 0.29) is 17.7 Å². The molecule has 3 aromatic rings. The van der Waals surface area contributed by atoms with Crippen molar-refractivity contribution in [2.24, 2.45) is 11.0 Å². The van der Waals surface area contributed by atoms with Crippen LogP contribution in [0.5, 0.6) is 0 Å². The molecule has 0 fully saturated rings. The Bertz CT molecular complexity index is 1090. The van der Waals surface area contributed by atoms with Crippen molar-refractivity contribution in [1.82, 2.24) is 5.43 Å². The minimum atomic E-state index is -0.327. The van der Waals surface area contributed by atoms with Crippen molar-refractivity contribution >= 4 is 29.3 Å². The molecule has 0 aliphatic heterocycles. The number of rotatable bonds is 8. The molecular formula is C27H27N3O2.